The molecule has 0 spiro atoms. The van der Waals surface area contributed by atoms with Gasteiger partial charge in [-0.25, -0.2) is 0 Å². The third kappa shape index (κ3) is 6.82. The number of hydrogen-bond donors (Lipinski definition) is 0. The van der Waals surface area contributed by atoms with Gasteiger partial charge < -0.3 is 4.74 Å². The summed E-state index contributed by atoms with van der Waals surface area (Å²) >= 11 is 0. The SMILES string of the molecule is CCOC(=O)C(C)C(=O)CC(=O)CC(=O)/C=C/c1ccccc1. The second-order valence-electron chi connectivity index (χ2n) is 5.04. The van der Waals surface area contributed by atoms with E-state index in [4.69, 9.17) is 4.74 Å². The van der Waals surface area contributed by atoms with Gasteiger partial charge in [-0.1, -0.05) is 36.4 Å². The number of ketones is 3. The fraction of sp³-hybridized carbons (Fsp3) is 0.333. The monoisotopic (exact) mass is 316 g/mol. The molecule has 0 aliphatic carbocycles. The molecule has 0 saturated carbocycles. The molecule has 5 nitrogen and oxygen atoms in total. The quantitative estimate of drug-likeness (QED) is 0.397. The first-order valence-corrected chi connectivity index (χ1v) is 7.41. The molecule has 1 aromatic carbocycles. The number of carbonyl (C=O) groups excluding carboxylic acids is 4. The lowest BCUT2D eigenvalue weighted by Crippen LogP contribution is -2.25. The van der Waals surface area contributed by atoms with Crippen LogP contribution in [-0.2, 0) is 23.9 Å². The van der Waals surface area contributed by atoms with Crippen LogP contribution in [0.2, 0.25) is 0 Å². The molecule has 0 aliphatic rings. The van der Waals surface area contributed by atoms with Crippen molar-refractivity contribution in [2.45, 2.75) is 26.7 Å². The molecule has 1 unspecified atom stereocenters. The van der Waals surface area contributed by atoms with Gasteiger partial charge >= 0.3 is 5.97 Å². The van der Waals surface area contributed by atoms with Crippen molar-refractivity contribution < 1.29 is 23.9 Å². The number of rotatable bonds is 9. The van der Waals surface area contributed by atoms with E-state index < -0.39 is 29.9 Å². The normalized spacial score (nSPS) is 11.9. The van der Waals surface area contributed by atoms with Crippen molar-refractivity contribution in [1.82, 2.24) is 0 Å². The van der Waals surface area contributed by atoms with Gasteiger partial charge in [0.05, 0.1) is 19.4 Å². The molecule has 0 heterocycles. The van der Waals surface area contributed by atoms with E-state index in [-0.39, 0.29) is 18.8 Å². The fourth-order valence-electron chi connectivity index (χ4n) is 1.82. The Morgan fingerprint density at radius 1 is 1.09 bits per heavy atom. The first-order chi connectivity index (χ1) is 10.9. The largest absolute Gasteiger partial charge is 0.465 e. The molecule has 0 N–H and O–H groups in total. The van der Waals surface area contributed by atoms with E-state index in [0.29, 0.717) is 0 Å². The van der Waals surface area contributed by atoms with E-state index in [1.807, 2.05) is 30.3 Å². The summed E-state index contributed by atoms with van der Waals surface area (Å²) in [6, 6.07) is 9.20. The Balaban J connectivity index is 2.46. The third-order valence-corrected chi connectivity index (χ3v) is 3.13. The zero-order valence-corrected chi connectivity index (χ0v) is 13.3. The zero-order chi connectivity index (χ0) is 17.2. The van der Waals surface area contributed by atoms with E-state index in [0.717, 1.165) is 5.56 Å². The van der Waals surface area contributed by atoms with Gasteiger partial charge in [-0.2, -0.15) is 0 Å². The predicted molar refractivity (Wildman–Crippen MR) is 85.5 cm³/mol. The average molecular weight is 316 g/mol. The van der Waals surface area contributed by atoms with Crippen molar-refractivity contribution in [3.8, 4) is 0 Å². The van der Waals surface area contributed by atoms with Gasteiger partial charge in [-0.15, -0.1) is 0 Å². The predicted octanol–water partition coefficient (Wildman–Crippen LogP) is 2.39. The number of hydrogen-bond acceptors (Lipinski definition) is 5. The summed E-state index contributed by atoms with van der Waals surface area (Å²) in [5, 5.41) is 0. The first kappa shape index (κ1) is 18.5. The summed E-state index contributed by atoms with van der Waals surface area (Å²) in [6.07, 6.45) is 2.13. The van der Waals surface area contributed by atoms with Crippen LogP contribution in [0.25, 0.3) is 6.08 Å². The number of benzene rings is 1. The van der Waals surface area contributed by atoms with Crippen LogP contribution >= 0.6 is 0 Å². The number of ether oxygens (including phenoxy) is 1. The minimum Gasteiger partial charge on any atom is -0.465 e. The molecule has 0 amide bonds. The van der Waals surface area contributed by atoms with Crippen LogP contribution in [0, 0.1) is 5.92 Å². The molecular formula is C18H20O5. The van der Waals surface area contributed by atoms with Crippen molar-refractivity contribution >= 4 is 29.4 Å². The van der Waals surface area contributed by atoms with Crippen molar-refractivity contribution in [2.24, 2.45) is 5.92 Å². The highest BCUT2D eigenvalue weighted by Gasteiger charge is 2.24. The van der Waals surface area contributed by atoms with Gasteiger partial charge in [-0.05, 0) is 25.5 Å². The van der Waals surface area contributed by atoms with Gasteiger partial charge in [0.1, 0.15) is 11.7 Å². The number of esters is 1. The molecule has 122 valence electrons. The molecule has 1 rings (SSSR count). The topological polar surface area (TPSA) is 77.5 Å². The smallest absolute Gasteiger partial charge is 0.316 e. The second kappa shape index (κ2) is 9.46. The maximum atomic E-state index is 11.8. The molecule has 23 heavy (non-hydrogen) atoms. The summed E-state index contributed by atoms with van der Waals surface area (Å²) in [4.78, 5) is 46.6. The summed E-state index contributed by atoms with van der Waals surface area (Å²) < 4.78 is 4.73. The van der Waals surface area contributed by atoms with Crippen LogP contribution < -0.4 is 0 Å². The van der Waals surface area contributed by atoms with Crippen LogP contribution in [-0.4, -0.2) is 29.9 Å². The van der Waals surface area contributed by atoms with Crippen LogP contribution in [0.3, 0.4) is 0 Å². The van der Waals surface area contributed by atoms with Crippen molar-refractivity contribution in [2.75, 3.05) is 6.61 Å². The van der Waals surface area contributed by atoms with E-state index in [9.17, 15) is 19.2 Å². The molecular weight excluding hydrogens is 296 g/mol. The van der Waals surface area contributed by atoms with Gasteiger partial charge in [-0.3, -0.25) is 19.2 Å². The minimum absolute atomic E-state index is 0.174. The highest BCUT2D eigenvalue weighted by Crippen LogP contribution is 2.07. The highest BCUT2D eigenvalue weighted by atomic mass is 16.5. The number of allylic oxidation sites excluding steroid dienone is 1. The first-order valence-electron chi connectivity index (χ1n) is 7.41. The molecule has 0 radical (unpaired) electrons. The van der Waals surface area contributed by atoms with E-state index in [1.165, 1.54) is 13.0 Å². The summed E-state index contributed by atoms with van der Waals surface area (Å²) in [6.45, 7) is 3.20. The highest BCUT2D eigenvalue weighted by molar-refractivity contribution is 6.13. The van der Waals surface area contributed by atoms with E-state index >= 15 is 0 Å². The lowest BCUT2D eigenvalue weighted by molar-refractivity contribution is -0.150. The minimum atomic E-state index is -0.992. The van der Waals surface area contributed by atoms with Crippen molar-refractivity contribution in [1.29, 1.82) is 0 Å². The van der Waals surface area contributed by atoms with Gasteiger partial charge in [0.15, 0.2) is 11.6 Å². The number of Topliss-reactive ketones (excluding diaryl/α,β-unsaturated/α-hetero) is 2. The Bertz CT molecular complexity index is 601. The van der Waals surface area contributed by atoms with Crippen molar-refractivity contribution in [3.05, 3.63) is 42.0 Å². The Morgan fingerprint density at radius 3 is 2.35 bits per heavy atom. The molecule has 1 aromatic rings. The third-order valence-electron chi connectivity index (χ3n) is 3.13. The summed E-state index contributed by atoms with van der Waals surface area (Å²) in [5.74, 6) is -3.06. The Kier molecular flexibility index (Phi) is 7.60. The summed E-state index contributed by atoms with van der Waals surface area (Å²) in [7, 11) is 0. The molecule has 1 atom stereocenters. The van der Waals surface area contributed by atoms with Gasteiger partial charge in [0.25, 0.3) is 0 Å². The molecule has 0 saturated heterocycles. The Hall–Kier alpha value is -2.56. The van der Waals surface area contributed by atoms with Crippen LogP contribution in [0.4, 0.5) is 0 Å². The van der Waals surface area contributed by atoms with E-state index in [1.54, 1.807) is 13.0 Å². The molecule has 0 aliphatic heterocycles. The van der Waals surface area contributed by atoms with Crippen LogP contribution in [0.1, 0.15) is 32.3 Å². The lowest BCUT2D eigenvalue weighted by Gasteiger charge is -2.08. The van der Waals surface area contributed by atoms with E-state index in [2.05, 4.69) is 0 Å². The Labute approximate surface area is 135 Å². The fourth-order valence-corrected chi connectivity index (χ4v) is 1.82. The molecule has 0 bridgehead atoms. The van der Waals surface area contributed by atoms with Crippen molar-refractivity contribution in [3.63, 3.8) is 0 Å². The molecule has 0 fully saturated rings. The summed E-state index contributed by atoms with van der Waals surface area (Å²) in [5.41, 5.74) is 0.848. The average Bonchev–Trinajstić information content (AvgIpc) is 2.53. The molecule has 0 aromatic heterocycles. The Morgan fingerprint density at radius 2 is 1.74 bits per heavy atom. The van der Waals surface area contributed by atoms with Gasteiger partial charge in [0, 0.05) is 0 Å². The second-order valence-corrected chi connectivity index (χ2v) is 5.04. The van der Waals surface area contributed by atoms with Crippen LogP contribution in [0.15, 0.2) is 36.4 Å². The van der Waals surface area contributed by atoms with Crippen LogP contribution in [0.5, 0.6) is 0 Å². The molecule has 5 heteroatoms. The van der Waals surface area contributed by atoms with Gasteiger partial charge in [0.2, 0.25) is 0 Å². The maximum absolute atomic E-state index is 11.8. The standard InChI is InChI=1S/C18H20O5/c1-3-23-18(22)13(2)17(21)12-16(20)11-15(19)10-9-14-7-5-4-6-8-14/h4-10,13H,3,11-12H2,1-2H3/b10-9+. The lowest BCUT2D eigenvalue weighted by atomic mass is 9.99. The number of carbonyl (C=O) groups is 4. The zero-order valence-electron chi connectivity index (χ0n) is 13.3. The maximum Gasteiger partial charge on any atom is 0.316 e.